The fraction of sp³-hybridized carbons (Fsp3) is 0.214. The lowest BCUT2D eigenvalue weighted by molar-refractivity contribution is -0.117. The topological polar surface area (TPSA) is 72.3 Å². The summed E-state index contributed by atoms with van der Waals surface area (Å²) in [6.07, 6.45) is 0.395. The van der Waals surface area contributed by atoms with Gasteiger partial charge in [0.05, 0.1) is 11.4 Å². The molecule has 92 valence electrons. The number of benzene rings is 2. The molecule has 2 aromatic rings. The minimum absolute atomic E-state index is 0.0458. The molecule has 0 radical (unpaired) electrons. The van der Waals surface area contributed by atoms with Gasteiger partial charge in [-0.05, 0) is 22.9 Å². The van der Waals surface area contributed by atoms with Crippen LogP contribution in [-0.2, 0) is 4.79 Å². The van der Waals surface area contributed by atoms with Gasteiger partial charge in [0.15, 0.2) is 0 Å². The van der Waals surface area contributed by atoms with Crippen molar-refractivity contribution in [2.24, 2.45) is 5.73 Å². The number of nitrogen functional groups attached to an aromatic ring is 1. The first kappa shape index (κ1) is 11.0. The van der Waals surface area contributed by atoms with Crippen LogP contribution in [0.1, 0.15) is 6.42 Å². The first-order valence-corrected chi connectivity index (χ1v) is 5.99. The molecule has 1 amide bonds. The molecule has 0 spiro atoms. The summed E-state index contributed by atoms with van der Waals surface area (Å²) in [6, 6.07) is 11.7. The molecule has 0 aromatic heterocycles. The Labute approximate surface area is 105 Å². The van der Waals surface area contributed by atoms with Crippen LogP contribution in [0.2, 0.25) is 0 Å². The summed E-state index contributed by atoms with van der Waals surface area (Å²) in [5.74, 6) is 0.0458. The minimum Gasteiger partial charge on any atom is -0.397 e. The summed E-state index contributed by atoms with van der Waals surface area (Å²) >= 11 is 0. The predicted octanol–water partition coefficient (Wildman–Crippen LogP) is 1.49. The average Bonchev–Trinajstić information content (AvgIpc) is 2.67. The molecule has 1 fully saturated rings. The Kier molecular flexibility index (Phi) is 2.45. The van der Waals surface area contributed by atoms with Crippen molar-refractivity contribution < 1.29 is 4.79 Å². The summed E-state index contributed by atoms with van der Waals surface area (Å²) < 4.78 is 0. The molecule has 1 heterocycles. The number of carbonyl (C=O) groups is 1. The van der Waals surface area contributed by atoms with Crippen LogP contribution in [-0.4, -0.2) is 18.5 Å². The lowest BCUT2D eigenvalue weighted by Crippen LogP contribution is -2.28. The van der Waals surface area contributed by atoms with Crippen molar-refractivity contribution in [3.05, 3.63) is 36.4 Å². The number of nitrogens with zero attached hydrogens (tertiary/aromatic N) is 1. The quantitative estimate of drug-likeness (QED) is 0.743. The highest BCUT2D eigenvalue weighted by atomic mass is 16.2. The van der Waals surface area contributed by atoms with Crippen LogP contribution in [0.4, 0.5) is 11.4 Å². The van der Waals surface area contributed by atoms with Gasteiger partial charge in [0.1, 0.15) is 0 Å². The van der Waals surface area contributed by atoms with Crippen molar-refractivity contribution in [2.75, 3.05) is 17.2 Å². The maximum atomic E-state index is 11.9. The lowest BCUT2D eigenvalue weighted by Gasteiger charge is -2.19. The first-order chi connectivity index (χ1) is 8.65. The summed E-state index contributed by atoms with van der Waals surface area (Å²) in [4.78, 5) is 13.6. The molecule has 1 unspecified atom stereocenters. The number of amides is 1. The second-order valence-corrected chi connectivity index (χ2v) is 4.73. The van der Waals surface area contributed by atoms with E-state index in [1.165, 1.54) is 0 Å². The first-order valence-electron chi connectivity index (χ1n) is 5.99. The molecular weight excluding hydrogens is 226 g/mol. The molecule has 0 aliphatic carbocycles. The summed E-state index contributed by atoms with van der Waals surface area (Å²) in [7, 11) is 0. The number of anilines is 2. The maximum absolute atomic E-state index is 11.9. The van der Waals surface area contributed by atoms with E-state index < -0.39 is 0 Å². The van der Waals surface area contributed by atoms with Gasteiger partial charge in [-0.3, -0.25) is 4.79 Å². The Morgan fingerprint density at radius 2 is 1.83 bits per heavy atom. The summed E-state index contributed by atoms with van der Waals surface area (Å²) in [5.41, 5.74) is 13.2. The van der Waals surface area contributed by atoms with Crippen molar-refractivity contribution in [3.8, 4) is 0 Å². The van der Waals surface area contributed by atoms with E-state index in [1.807, 2.05) is 36.4 Å². The Morgan fingerprint density at radius 3 is 2.44 bits per heavy atom. The molecule has 4 heteroatoms. The van der Waals surface area contributed by atoms with E-state index >= 15 is 0 Å². The van der Waals surface area contributed by atoms with Crippen LogP contribution in [0.5, 0.6) is 0 Å². The molecule has 1 aliphatic heterocycles. The van der Waals surface area contributed by atoms with Gasteiger partial charge >= 0.3 is 0 Å². The predicted molar refractivity (Wildman–Crippen MR) is 73.3 cm³/mol. The van der Waals surface area contributed by atoms with Crippen LogP contribution >= 0.6 is 0 Å². The molecule has 18 heavy (non-hydrogen) atoms. The molecule has 4 nitrogen and oxygen atoms in total. The van der Waals surface area contributed by atoms with Crippen molar-refractivity contribution in [3.63, 3.8) is 0 Å². The molecule has 4 N–H and O–H groups in total. The van der Waals surface area contributed by atoms with Crippen LogP contribution in [0.15, 0.2) is 36.4 Å². The fourth-order valence-electron chi connectivity index (χ4n) is 2.45. The highest BCUT2D eigenvalue weighted by molar-refractivity contribution is 6.02. The van der Waals surface area contributed by atoms with E-state index in [0.717, 1.165) is 16.5 Å². The van der Waals surface area contributed by atoms with Crippen LogP contribution in [0.25, 0.3) is 10.8 Å². The van der Waals surface area contributed by atoms with E-state index in [4.69, 9.17) is 11.5 Å². The zero-order valence-corrected chi connectivity index (χ0v) is 9.97. The summed E-state index contributed by atoms with van der Waals surface area (Å²) in [6.45, 7) is 0.543. The molecule has 2 aromatic carbocycles. The molecule has 1 saturated heterocycles. The standard InChI is InChI=1S/C14H15N3O/c15-11-7-14(18)17(8-11)13-6-10-4-2-1-3-9(10)5-12(13)16/h1-6,11H,7-8,15-16H2. The van der Waals surface area contributed by atoms with E-state index in [2.05, 4.69) is 0 Å². The molecule has 1 atom stereocenters. The van der Waals surface area contributed by atoms with E-state index in [1.54, 1.807) is 4.90 Å². The number of nitrogens with two attached hydrogens (primary N) is 2. The van der Waals surface area contributed by atoms with E-state index in [0.29, 0.717) is 18.7 Å². The SMILES string of the molecule is Nc1cc2ccccc2cc1N1CC(N)CC1=O. The number of hydrogen-bond acceptors (Lipinski definition) is 3. The average molecular weight is 241 g/mol. The highest BCUT2D eigenvalue weighted by Gasteiger charge is 2.29. The molecule has 0 saturated carbocycles. The fourth-order valence-corrected chi connectivity index (χ4v) is 2.45. The number of carbonyl (C=O) groups excluding carboxylic acids is 1. The second-order valence-electron chi connectivity index (χ2n) is 4.73. The highest BCUT2D eigenvalue weighted by Crippen LogP contribution is 2.31. The number of hydrogen-bond donors (Lipinski definition) is 2. The lowest BCUT2D eigenvalue weighted by atomic mass is 10.1. The normalized spacial score (nSPS) is 19.7. The van der Waals surface area contributed by atoms with Gasteiger partial charge in [-0.2, -0.15) is 0 Å². The maximum Gasteiger partial charge on any atom is 0.228 e. The Bertz CT molecular complexity index is 623. The van der Waals surface area contributed by atoms with Crippen LogP contribution < -0.4 is 16.4 Å². The minimum atomic E-state index is -0.0941. The Balaban J connectivity index is 2.11. The number of fused-ring (bicyclic) bond motifs is 1. The zero-order chi connectivity index (χ0) is 12.7. The van der Waals surface area contributed by atoms with Gasteiger partial charge < -0.3 is 16.4 Å². The van der Waals surface area contributed by atoms with E-state index in [9.17, 15) is 4.79 Å². The van der Waals surface area contributed by atoms with Gasteiger partial charge in [-0.15, -0.1) is 0 Å². The van der Waals surface area contributed by atoms with Gasteiger partial charge in [-0.1, -0.05) is 24.3 Å². The van der Waals surface area contributed by atoms with Crippen molar-refractivity contribution in [2.45, 2.75) is 12.5 Å². The van der Waals surface area contributed by atoms with Crippen molar-refractivity contribution in [1.82, 2.24) is 0 Å². The van der Waals surface area contributed by atoms with Gasteiger partial charge in [-0.25, -0.2) is 0 Å². The van der Waals surface area contributed by atoms with Gasteiger partial charge in [0.25, 0.3) is 0 Å². The van der Waals surface area contributed by atoms with Crippen molar-refractivity contribution >= 4 is 28.1 Å². The zero-order valence-electron chi connectivity index (χ0n) is 9.97. The third kappa shape index (κ3) is 1.71. The van der Waals surface area contributed by atoms with Crippen LogP contribution in [0.3, 0.4) is 0 Å². The van der Waals surface area contributed by atoms with Crippen molar-refractivity contribution in [1.29, 1.82) is 0 Å². The Morgan fingerprint density at radius 1 is 1.17 bits per heavy atom. The van der Waals surface area contributed by atoms with Gasteiger partial charge in [0, 0.05) is 19.0 Å². The third-order valence-corrected chi connectivity index (χ3v) is 3.34. The van der Waals surface area contributed by atoms with Gasteiger partial charge in [0.2, 0.25) is 5.91 Å². The largest absolute Gasteiger partial charge is 0.397 e. The monoisotopic (exact) mass is 241 g/mol. The molecule has 3 rings (SSSR count). The third-order valence-electron chi connectivity index (χ3n) is 3.34. The summed E-state index contributed by atoms with van der Waals surface area (Å²) in [5, 5.41) is 2.16. The molecular formula is C14H15N3O. The molecule has 1 aliphatic rings. The smallest absolute Gasteiger partial charge is 0.228 e. The number of rotatable bonds is 1. The Hall–Kier alpha value is -2.07. The van der Waals surface area contributed by atoms with E-state index in [-0.39, 0.29) is 11.9 Å². The second kappa shape index (κ2) is 3.99. The molecule has 0 bridgehead atoms. The van der Waals surface area contributed by atoms with Crippen LogP contribution in [0, 0.1) is 0 Å².